The van der Waals surface area contributed by atoms with E-state index < -0.39 is 11.9 Å². The molecule has 1 aromatic carbocycles. The van der Waals surface area contributed by atoms with Gasteiger partial charge in [0.25, 0.3) is 0 Å². The Morgan fingerprint density at radius 3 is 2.10 bits per heavy atom. The maximum Gasteiger partial charge on any atom is 0.312 e. The van der Waals surface area contributed by atoms with Crippen LogP contribution >= 0.6 is 0 Å². The zero-order valence-corrected chi connectivity index (χ0v) is 12.7. The van der Waals surface area contributed by atoms with Crippen LogP contribution in [0.5, 0.6) is 0 Å². The molecule has 1 atom stereocenters. The van der Waals surface area contributed by atoms with Crippen LogP contribution in [0.1, 0.15) is 51.0 Å². The predicted octanol–water partition coefficient (Wildman–Crippen LogP) is 3.76. The van der Waals surface area contributed by atoms with Gasteiger partial charge in [0.1, 0.15) is 0 Å². The Bertz CT molecular complexity index is 370. The molecule has 0 saturated carbocycles. The van der Waals surface area contributed by atoms with Gasteiger partial charge in [0.15, 0.2) is 0 Å². The van der Waals surface area contributed by atoms with Crippen LogP contribution in [-0.4, -0.2) is 35.6 Å². The first-order valence-corrected chi connectivity index (χ1v) is 7.69. The molecule has 0 aliphatic rings. The smallest absolute Gasteiger partial charge is 0.312 e. The highest BCUT2D eigenvalue weighted by molar-refractivity contribution is 5.76. The monoisotopic (exact) mass is 277 g/mol. The van der Waals surface area contributed by atoms with Crippen molar-refractivity contribution in [2.75, 3.05) is 19.6 Å². The van der Waals surface area contributed by atoms with Gasteiger partial charge in [-0.3, -0.25) is 4.79 Å². The summed E-state index contributed by atoms with van der Waals surface area (Å²) in [4.78, 5) is 13.9. The Hall–Kier alpha value is -1.35. The maximum atomic E-state index is 11.6. The summed E-state index contributed by atoms with van der Waals surface area (Å²) in [6, 6.07) is 9.57. The standard InChI is InChI=1S/C17H27NO2/c1-3-5-12-18(13-6-4-2)14-16(17(19)20)15-10-8-7-9-11-15/h7-11,16H,3-6,12-14H2,1-2H3,(H,19,20). The molecule has 1 unspecified atom stereocenters. The molecule has 0 saturated heterocycles. The third-order valence-electron chi connectivity index (χ3n) is 3.60. The summed E-state index contributed by atoms with van der Waals surface area (Å²) >= 11 is 0. The van der Waals surface area contributed by atoms with E-state index in [0.717, 1.165) is 44.3 Å². The van der Waals surface area contributed by atoms with Crippen molar-refractivity contribution in [2.24, 2.45) is 0 Å². The highest BCUT2D eigenvalue weighted by atomic mass is 16.4. The van der Waals surface area contributed by atoms with Crippen molar-refractivity contribution in [1.82, 2.24) is 4.90 Å². The Labute approximate surface area is 122 Å². The molecule has 3 nitrogen and oxygen atoms in total. The minimum atomic E-state index is -0.728. The van der Waals surface area contributed by atoms with Crippen LogP contribution in [-0.2, 0) is 4.79 Å². The van der Waals surface area contributed by atoms with Crippen LogP contribution in [0.25, 0.3) is 0 Å². The van der Waals surface area contributed by atoms with E-state index in [1.54, 1.807) is 0 Å². The second kappa shape index (κ2) is 9.54. The average Bonchev–Trinajstić information content (AvgIpc) is 2.47. The third-order valence-corrected chi connectivity index (χ3v) is 3.60. The van der Waals surface area contributed by atoms with Gasteiger partial charge in [-0.05, 0) is 31.5 Å². The van der Waals surface area contributed by atoms with Crippen molar-refractivity contribution in [3.63, 3.8) is 0 Å². The van der Waals surface area contributed by atoms with Crippen LogP contribution in [0.4, 0.5) is 0 Å². The van der Waals surface area contributed by atoms with E-state index in [1.807, 2.05) is 30.3 Å². The number of benzene rings is 1. The summed E-state index contributed by atoms with van der Waals surface area (Å²) in [5.74, 6) is -1.15. The first-order valence-electron chi connectivity index (χ1n) is 7.69. The van der Waals surface area contributed by atoms with Gasteiger partial charge >= 0.3 is 5.97 Å². The lowest BCUT2D eigenvalue weighted by Crippen LogP contribution is -2.33. The minimum Gasteiger partial charge on any atom is -0.481 e. The summed E-state index contributed by atoms with van der Waals surface area (Å²) in [5.41, 5.74) is 0.901. The fourth-order valence-electron chi connectivity index (χ4n) is 2.33. The SMILES string of the molecule is CCCCN(CCCC)CC(C(=O)O)c1ccccc1. The van der Waals surface area contributed by atoms with Crippen LogP contribution in [0.15, 0.2) is 30.3 Å². The second-order valence-electron chi connectivity index (χ2n) is 5.31. The third kappa shape index (κ3) is 5.74. The summed E-state index contributed by atoms with van der Waals surface area (Å²) in [5, 5.41) is 9.50. The van der Waals surface area contributed by atoms with E-state index in [1.165, 1.54) is 0 Å². The fourth-order valence-corrected chi connectivity index (χ4v) is 2.33. The lowest BCUT2D eigenvalue weighted by atomic mass is 9.98. The van der Waals surface area contributed by atoms with Crippen molar-refractivity contribution in [3.05, 3.63) is 35.9 Å². The molecule has 1 aromatic rings. The molecule has 0 aliphatic heterocycles. The number of hydrogen-bond donors (Lipinski definition) is 1. The van der Waals surface area contributed by atoms with Crippen molar-refractivity contribution in [1.29, 1.82) is 0 Å². The zero-order chi connectivity index (χ0) is 14.8. The number of nitrogens with zero attached hydrogens (tertiary/aromatic N) is 1. The van der Waals surface area contributed by atoms with Gasteiger partial charge in [-0.1, -0.05) is 57.0 Å². The highest BCUT2D eigenvalue weighted by Gasteiger charge is 2.22. The molecule has 112 valence electrons. The van der Waals surface area contributed by atoms with E-state index >= 15 is 0 Å². The molecule has 20 heavy (non-hydrogen) atoms. The van der Waals surface area contributed by atoms with Gasteiger partial charge in [0.2, 0.25) is 0 Å². The first kappa shape index (κ1) is 16.7. The predicted molar refractivity (Wildman–Crippen MR) is 83.1 cm³/mol. The zero-order valence-electron chi connectivity index (χ0n) is 12.7. The number of aliphatic carboxylic acids is 1. The molecule has 0 aromatic heterocycles. The number of carboxylic acid groups (broad SMARTS) is 1. The van der Waals surface area contributed by atoms with Crippen molar-refractivity contribution >= 4 is 5.97 Å². The molecule has 0 bridgehead atoms. The molecule has 0 spiro atoms. The quantitative estimate of drug-likeness (QED) is 0.708. The van der Waals surface area contributed by atoms with Crippen LogP contribution in [0.2, 0.25) is 0 Å². The molecule has 0 amide bonds. The normalized spacial score (nSPS) is 12.6. The van der Waals surface area contributed by atoms with Crippen LogP contribution < -0.4 is 0 Å². The molecule has 0 aliphatic carbocycles. The Kier molecular flexibility index (Phi) is 7.97. The van der Waals surface area contributed by atoms with Gasteiger partial charge in [-0.2, -0.15) is 0 Å². The fraction of sp³-hybridized carbons (Fsp3) is 0.588. The molecule has 1 N–H and O–H groups in total. The molecular weight excluding hydrogens is 250 g/mol. The largest absolute Gasteiger partial charge is 0.481 e. The van der Waals surface area contributed by atoms with E-state index in [0.29, 0.717) is 6.54 Å². The van der Waals surface area contributed by atoms with Crippen LogP contribution in [0.3, 0.4) is 0 Å². The van der Waals surface area contributed by atoms with Gasteiger partial charge in [0.05, 0.1) is 5.92 Å². The first-order chi connectivity index (χ1) is 9.69. The van der Waals surface area contributed by atoms with Crippen molar-refractivity contribution in [3.8, 4) is 0 Å². The van der Waals surface area contributed by atoms with E-state index in [9.17, 15) is 9.90 Å². The van der Waals surface area contributed by atoms with Gasteiger partial charge < -0.3 is 10.0 Å². The number of unbranched alkanes of at least 4 members (excludes halogenated alkanes) is 2. The minimum absolute atomic E-state index is 0.426. The lowest BCUT2D eigenvalue weighted by Gasteiger charge is -2.25. The van der Waals surface area contributed by atoms with E-state index in [2.05, 4.69) is 18.7 Å². The van der Waals surface area contributed by atoms with E-state index in [4.69, 9.17) is 0 Å². The molecule has 0 heterocycles. The average molecular weight is 277 g/mol. The molecular formula is C17H27NO2. The number of hydrogen-bond acceptors (Lipinski definition) is 2. The topological polar surface area (TPSA) is 40.5 Å². The molecule has 1 rings (SSSR count). The summed E-state index contributed by atoms with van der Waals surface area (Å²) < 4.78 is 0. The highest BCUT2D eigenvalue weighted by Crippen LogP contribution is 2.18. The molecule has 3 heteroatoms. The van der Waals surface area contributed by atoms with Crippen molar-refractivity contribution in [2.45, 2.75) is 45.4 Å². The summed E-state index contributed by atoms with van der Waals surface area (Å²) in [6.07, 6.45) is 4.55. The van der Waals surface area contributed by atoms with Crippen LogP contribution in [0, 0.1) is 0 Å². The lowest BCUT2D eigenvalue weighted by molar-refractivity contribution is -0.139. The second-order valence-corrected chi connectivity index (χ2v) is 5.31. The van der Waals surface area contributed by atoms with E-state index in [-0.39, 0.29) is 0 Å². The number of rotatable bonds is 10. The van der Waals surface area contributed by atoms with Gasteiger partial charge in [-0.15, -0.1) is 0 Å². The molecule has 0 fully saturated rings. The molecule has 0 radical (unpaired) electrons. The Morgan fingerprint density at radius 2 is 1.65 bits per heavy atom. The van der Waals surface area contributed by atoms with Gasteiger partial charge in [0, 0.05) is 6.54 Å². The Morgan fingerprint density at radius 1 is 1.10 bits per heavy atom. The maximum absolute atomic E-state index is 11.6. The summed E-state index contributed by atoms with van der Waals surface area (Å²) in [7, 11) is 0. The van der Waals surface area contributed by atoms with Crippen molar-refractivity contribution < 1.29 is 9.90 Å². The number of carboxylic acids is 1. The summed E-state index contributed by atoms with van der Waals surface area (Å²) in [6.45, 7) is 6.94. The van der Waals surface area contributed by atoms with Gasteiger partial charge in [-0.25, -0.2) is 0 Å². The Balaban J connectivity index is 2.72. The number of carbonyl (C=O) groups is 1.